The lowest BCUT2D eigenvalue weighted by Crippen LogP contribution is -2.26. The molecule has 84 valence electrons. The van der Waals surface area contributed by atoms with Crippen molar-refractivity contribution in [1.82, 2.24) is 4.98 Å². The van der Waals surface area contributed by atoms with Crippen LogP contribution in [0.3, 0.4) is 0 Å². The predicted molar refractivity (Wildman–Crippen MR) is 60.3 cm³/mol. The second-order valence-corrected chi connectivity index (χ2v) is 4.33. The fraction of sp³-hybridized carbons (Fsp3) is 0.417. The highest BCUT2D eigenvalue weighted by Gasteiger charge is 2.30. The molecule has 3 rings (SSSR count). The van der Waals surface area contributed by atoms with Gasteiger partial charge in [0.2, 0.25) is 5.89 Å². The van der Waals surface area contributed by atoms with Crippen molar-refractivity contribution < 1.29 is 9.15 Å². The first-order chi connectivity index (χ1) is 7.74. The maximum atomic E-state index is 5.94. The van der Waals surface area contributed by atoms with E-state index in [0.717, 1.165) is 11.1 Å². The minimum atomic E-state index is -0.00541. The van der Waals surface area contributed by atoms with E-state index in [1.807, 2.05) is 25.1 Å². The van der Waals surface area contributed by atoms with Gasteiger partial charge in [-0.05, 0) is 24.6 Å². The van der Waals surface area contributed by atoms with Gasteiger partial charge in [-0.2, -0.15) is 0 Å². The zero-order valence-electron chi connectivity index (χ0n) is 9.14. The Morgan fingerprint density at radius 1 is 1.38 bits per heavy atom. The Kier molecular flexibility index (Phi) is 2.19. The minimum absolute atomic E-state index is 0.00541. The van der Waals surface area contributed by atoms with Gasteiger partial charge >= 0.3 is 0 Å². The molecule has 2 aromatic rings. The van der Waals surface area contributed by atoms with Crippen LogP contribution in [-0.4, -0.2) is 24.2 Å². The van der Waals surface area contributed by atoms with Gasteiger partial charge in [0.15, 0.2) is 5.58 Å². The van der Waals surface area contributed by atoms with Gasteiger partial charge in [-0.15, -0.1) is 0 Å². The van der Waals surface area contributed by atoms with E-state index >= 15 is 0 Å². The van der Waals surface area contributed by atoms with Gasteiger partial charge in [0.05, 0.1) is 19.1 Å². The molecular formula is C12H14N2O2. The van der Waals surface area contributed by atoms with Crippen LogP contribution >= 0.6 is 0 Å². The standard InChI is InChI=1S/C12H14N2O2/c1-7-2-3-10-11(4-7)16-12(14-10)8-5-15-6-9(8)13/h2-4,8-9H,5-6,13H2,1H3. The van der Waals surface area contributed by atoms with Crippen LogP contribution < -0.4 is 5.73 Å². The van der Waals surface area contributed by atoms with Gasteiger partial charge in [-0.1, -0.05) is 6.07 Å². The number of hydrogen-bond donors (Lipinski definition) is 1. The van der Waals surface area contributed by atoms with E-state index in [0.29, 0.717) is 19.1 Å². The molecule has 1 aromatic heterocycles. The number of nitrogens with two attached hydrogens (primary N) is 1. The van der Waals surface area contributed by atoms with Crippen molar-refractivity contribution in [3.63, 3.8) is 0 Å². The van der Waals surface area contributed by atoms with Crippen LogP contribution in [0.15, 0.2) is 22.6 Å². The number of aryl methyl sites for hydroxylation is 1. The molecule has 2 heterocycles. The third kappa shape index (κ3) is 1.50. The Balaban J connectivity index is 2.04. The quantitative estimate of drug-likeness (QED) is 0.789. The van der Waals surface area contributed by atoms with Crippen LogP contribution in [0.5, 0.6) is 0 Å². The van der Waals surface area contributed by atoms with Crippen molar-refractivity contribution in [2.45, 2.75) is 18.9 Å². The lowest BCUT2D eigenvalue weighted by atomic mass is 10.1. The Hall–Kier alpha value is -1.39. The Labute approximate surface area is 93.4 Å². The van der Waals surface area contributed by atoms with Gasteiger partial charge < -0.3 is 14.9 Å². The first-order valence-corrected chi connectivity index (χ1v) is 5.44. The van der Waals surface area contributed by atoms with Gasteiger partial charge in [0, 0.05) is 6.04 Å². The summed E-state index contributed by atoms with van der Waals surface area (Å²) in [5.41, 5.74) is 8.82. The summed E-state index contributed by atoms with van der Waals surface area (Å²) in [4.78, 5) is 4.46. The highest BCUT2D eigenvalue weighted by atomic mass is 16.5. The smallest absolute Gasteiger partial charge is 0.202 e. The summed E-state index contributed by atoms with van der Waals surface area (Å²) in [5.74, 6) is 0.790. The zero-order valence-corrected chi connectivity index (χ0v) is 9.14. The topological polar surface area (TPSA) is 61.3 Å². The molecule has 4 nitrogen and oxygen atoms in total. The minimum Gasteiger partial charge on any atom is -0.440 e. The molecular weight excluding hydrogens is 204 g/mol. The molecule has 1 fully saturated rings. The number of rotatable bonds is 1. The number of fused-ring (bicyclic) bond motifs is 1. The lowest BCUT2D eigenvalue weighted by molar-refractivity contribution is 0.188. The third-order valence-electron chi connectivity index (χ3n) is 3.00. The number of benzene rings is 1. The van der Waals surface area contributed by atoms with Crippen molar-refractivity contribution in [2.75, 3.05) is 13.2 Å². The van der Waals surface area contributed by atoms with E-state index in [-0.39, 0.29) is 12.0 Å². The molecule has 2 unspecified atom stereocenters. The van der Waals surface area contributed by atoms with Crippen molar-refractivity contribution in [3.8, 4) is 0 Å². The number of ether oxygens (including phenoxy) is 1. The van der Waals surface area contributed by atoms with Crippen LogP contribution in [0.1, 0.15) is 17.4 Å². The number of nitrogens with zero attached hydrogens (tertiary/aromatic N) is 1. The van der Waals surface area contributed by atoms with Crippen LogP contribution in [0.4, 0.5) is 0 Å². The van der Waals surface area contributed by atoms with Crippen LogP contribution in [0.25, 0.3) is 11.1 Å². The van der Waals surface area contributed by atoms with Crippen molar-refractivity contribution in [2.24, 2.45) is 5.73 Å². The molecule has 4 heteroatoms. The molecule has 1 saturated heterocycles. The van der Waals surface area contributed by atoms with Crippen LogP contribution in [0.2, 0.25) is 0 Å². The molecule has 0 spiro atoms. The van der Waals surface area contributed by atoms with Crippen molar-refractivity contribution >= 4 is 11.1 Å². The predicted octanol–water partition coefficient (Wildman–Crippen LogP) is 1.58. The highest BCUT2D eigenvalue weighted by molar-refractivity contribution is 5.73. The first kappa shape index (κ1) is 9.81. The molecule has 2 N–H and O–H groups in total. The van der Waals surface area contributed by atoms with E-state index in [2.05, 4.69) is 4.98 Å². The molecule has 1 aromatic carbocycles. The van der Waals surface area contributed by atoms with Gasteiger partial charge in [0.25, 0.3) is 0 Å². The SMILES string of the molecule is Cc1ccc2nc(C3COCC3N)oc2c1. The Bertz CT molecular complexity index is 521. The van der Waals surface area contributed by atoms with Crippen LogP contribution in [0, 0.1) is 6.92 Å². The largest absolute Gasteiger partial charge is 0.440 e. The summed E-state index contributed by atoms with van der Waals surface area (Å²) >= 11 is 0. The maximum absolute atomic E-state index is 5.94. The van der Waals surface area contributed by atoms with E-state index in [1.54, 1.807) is 0 Å². The Morgan fingerprint density at radius 2 is 2.25 bits per heavy atom. The molecule has 2 atom stereocenters. The second kappa shape index (κ2) is 3.57. The summed E-state index contributed by atoms with van der Waals surface area (Å²) in [6, 6.07) is 5.99. The first-order valence-electron chi connectivity index (χ1n) is 5.44. The second-order valence-electron chi connectivity index (χ2n) is 4.33. The molecule has 0 saturated carbocycles. The number of aromatic nitrogens is 1. The summed E-state index contributed by atoms with van der Waals surface area (Å²) < 4.78 is 11.1. The Morgan fingerprint density at radius 3 is 3.00 bits per heavy atom. The van der Waals surface area contributed by atoms with Gasteiger partial charge in [-0.3, -0.25) is 0 Å². The average molecular weight is 218 g/mol. The van der Waals surface area contributed by atoms with Crippen molar-refractivity contribution in [3.05, 3.63) is 29.7 Å². The summed E-state index contributed by atoms with van der Waals surface area (Å²) in [6.45, 7) is 3.22. The fourth-order valence-corrected chi connectivity index (χ4v) is 2.03. The average Bonchev–Trinajstić information content (AvgIpc) is 2.82. The van der Waals surface area contributed by atoms with E-state index in [9.17, 15) is 0 Å². The lowest BCUT2D eigenvalue weighted by Gasteiger charge is -2.07. The fourth-order valence-electron chi connectivity index (χ4n) is 2.03. The van der Waals surface area contributed by atoms with E-state index in [4.69, 9.17) is 14.9 Å². The maximum Gasteiger partial charge on any atom is 0.202 e. The highest BCUT2D eigenvalue weighted by Crippen LogP contribution is 2.27. The zero-order chi connectivity index (χ0) is 11.1. The molecule has 0 amide bonds. The van der Waals surface area contributed by atoms with Gasteiger partial charge in [-0.25, -0.2) is 4.98 Å². The van der Waals surface area contributed by atoms with E-state index in [1.165, 1.54) is 5.56 Å². The molecule has 0 aliphatic carbocycles. The molecule has 16 heavy (non-hydrogen) atoms. The van der Waals surface area contributed by atoms with Gasteiger partial charge in [0.1, 0.15) is 5.52 Å². The molecule has 1 aliphatic heterocycles. The number of hydrogen-bond acceptors (Lipinski definition) is 4. The van der Waals surface area contributed by atoms with Crippen molar-refractivity contribution in [1.29, 1.82) is 0 Å². The monoisotopic (exact) mass is 218 g/mol. The molecule has 1 aliphatic rings. The summed E-state index contributed by atoms with van der Waals surface area (Å²) in [7, 11) is 0. The number of oxazole rings is 1. The third-order valence-corrected chi connectivity index (χ3v) is 3.00. The normalized spacial score (nSPS) is 25.4. The molecule has 0 bridgehead atoms. The summed E-state index contributed by atoms with van der Waals surface area (Å²) in [6.07, 6.45) is 0. The van der Waals surface area contributed by atoms with Crippen LogP contribution in [-0.2, 0) is 4.74 Å². The van der Waals surface area contributed by atoms with E-state index < -0.39 is 0 Å². The summed E-state index contributed by atoms with van der Waals surface area (Å²) in [5, 5.41) is 0. The molecule has 0 radical (unpaired) electrons.